The zero-order valence-corrected chi connectivity index (χ0v) is 14.5. The van der Waals surface area contributed by atoms with E-state index in [0.29, 0.717) is 0 Å². The lowest BCUT2D eigenvalue weighted by atomic mass is 9.97. The zero-order valence-electron chi connectivity index (χ0n) is 13.7. The molecule has 0 bridgehead atoms. The molecule has 0 aromatic rings. The zero-order chi connectivity index (χ0) is 18.4. The highest BCUT2D eigenvalue weighted by molar-refractivity contribution is 6.20. The van der Waals surface area contributed by atoms with Crippen LogP contribution in [-0.4, -0.2) is 60.3 Å². The Hall–Kier alpha value is -1.87. The maximum Gasteiger partial charge on any atom is 0.303 e. The summed E-state index contributed by atoms with van der Waals surface area (Å²) in [5.41, 5.74) is -1.09. The van der Waals surface area contributed by atoms with Crippen LogP contribution in [0, 0.1) is 0 Å². The fraction of sp³-hybridized carbons (Fsp3) is 0.714. The molecule has 0 spiro atoms. The Morgan fingerprint density at radius 1 is 0.958 bits per heavy atom. The molecule has 5 atom stereocenters. The van der Waals surface area contributed by atoms with Crippen molar-refractivity contribution < 1.29 is 38.1 Å². The molecule has 24 heavy (non-hydrogen) atoms. The van der Waals surface area contributed by atoms with Gasteiger partial charge in [0.2, 0.25) is 5.91 Å². The van der Waals surface area contributed by atoms with Gasteiger partial charge in [0.1, 0.15) is 18.8 Å². The Kier molecular flexibility index (Phi) is 7.43. The van der Waals surface area contributed by atoms with Gasteiger partial charge in [-0.05, 0) is 0 Å². The minimum absolute atomic E-state index is 0.263. The first kappa shape index (κ1) is 20.2. The van der Waals surface area contributed by atoms with Gasteiger partial charge in [0.05, 0.1) is 0 Å². The summed E-state index contributed by atoms with van der Waals surface area (Å²) in [7, 11) is 0. The molecule has 136 valence electrons. The average Bonchev–Trinajstić information content (AvgIpc) is 2.42. The quantitative estimate of drug-likeness (QED) is 0.407. The third-order valence-electron chi connectivity index (χ3n) is 3.06. The smallest absolute Gasteiger partial charge is 0.303 e. The van der Waals surface area contributed by atoms with E-state index < -0.39 is 53.7 Å². The molecule has 0 unspecified atom stereocenters. The molecule has 0 saturated carbocycles. The van der Waals surface area contributed by atoms with Gasteiger partial charge < -0.3 is 24.3 Å². The van der Waals surface area contributed by atoms with Crippen molar-refractivity contribution >= 4 is 35.4 Å². The monoisotopic (exact) mass is 365 g/mol. The number of carbonyl (C=O) groups is 4. The van der Waals surface area contributed by atoms with E-state index in [1.54, 1.807) is 0 Å². The van der Waals surface area contributed by atoms with E-state index >= 15 is 0 Å². The predicted molar refractivity (Wildman–Crippen MR) is 79.9 cm³/mol. The van der Waals surface area contributed by atoms with Crippen molar-refractivity contribution in [1.82, 2.24) is 5.32 Å². The minimum Gasteiger partial charge on any atom is -0.463 e. The van der Waals surface area contributed by atoms with Gasteiger partial charge in [0.25, 0.3) is 0 Å². The molecule has 1 fully saturated rings. The molecule has 1 N–H and O–H groups in total. The molecule has 1 amide bonds. The molecule has 0 radical (unpaired) electrons. The SMILES string of the molecule is CC(=O)N[C@@H]1[C@@H](OC(C)=O)[C@H](OC(C)=O)[C@@H](COC(C)=O)O[C@@H]1Cl. The van der Waals surface area contributed by atoms with Crippen molar-refractivity contribution in [3.8, 4) is 0 Å². The molecule has 1 saturated heterocycles. The lowest BCUT2D eigenvalue weighted by molar-refractivity contribution is -0.212. The standard InChI is InChI=1S/C14H20ClNO8/c1-6(17)16-11-13(23-9(4)20)12(22-8(3)19)10(24-14(11)15)5-21-7(2)18/h10-14H,5H2,1-4H3,(H,16,17)/t10-,11-,12-,13-,14+/m1/s1. The molecule has 1 aliphatic heterocycles. The molecular weight excluding hydrogens is 346 g/mol. The van der Waals surface area contributed by atoms with E-state index in [1.165, 1.54) is 13.8 Å². The van der Waals surface area contributed by atoms with Crippen LogP contribution in [-0.2, 0) is 38.1 Å². The number of alkyl halides is 1. The third-order valence-corrected chi connectivity index (χ3v) is 3.43. The summed E-state index contributed by atoms with van der Waals surface area (Å²) in [6.07, 6.45) is -3.18. The van der Waals surface area contributed by atoms with Gasteiger partial charge in [-0.25, -0.2) is 0 Å². The van der Waals surface area contributed by atoms with Crippen LogP contribution < -0.4 is 5.32 Å². The Morgan fingerprint density at radius 2 is 1.50 bits per heavy atom. The van der Waals surface area contributed by atoms with Crippen molar-refractivity contribution in [1.29, 1.82) is 0 Å². The Labute approximate surface area is 143 Å². The van der Waals surface area contributed by atoms with Crippen LogP contribution in [0.3, 0.4) is 0 Å². The van der Waals surface area contributed by atoms with Crippen LogP contribution in [0.25, 0.3) is 0 Å². The number of rotatable bonds is 5. The second-order valence-corrected chi connectivity index (χ2v) is 5.63. The molecule has 0 aliphatic carbocycles. The van der Waals surface area contributed by atoms with Crippen LogP contribution in [0.5, 0.6) is 0 Å². The Bertz CT molecular complexity index is 511. The average molecular weight is 366 g/mol. The predicted octanol–water partition coefficient (Wildman–Crippen LogP) is -0.119. The second kappa shape index (κ2) is 8.84. The fourth-order valence-corrected chi connectivity index (χ4v) is 2.62. The van der Waals surface area contributed by atoms with Gasteiger partial charge in [0, 0.05) is 27.7 Å². The third kappa shape index (κ3) is 5.97. The molecular formula is C14H20ClNO8. The summed E-state index contributed by atoms with van der Waals surface area (Å²) in [5.74, 6) is -2.33. The number of nitrogens with one attached hydrogen (secondary N) is 1. The van der Waals surface area contributed by atoms with E-state index in [2.05, 4.69) is 5.32 Å². The second-order valence-electron chi connectivity index (χ2n) is 5.20. The summed E-state index contributed by atoms with van der Waals surface area (Å²) in [6, 6.07) is -0.953. The van der Waals surface area contributed by atoms with Crippen molar-refractivity contribution in [2.75, 3.05) is 6.61 Å². The highest BCUT2D eigenvalue weighted by Crippen LogP contribution is 2.28. The molecule has 0 aromatic heterocycles. The Balaban J connectivity index is 3.11. The highest BCUT2D eigenvalue weighted by atomic mass is 35.5. The van der Waals surface area contributed by atoms with Gasteiger partial charge in [0.15, 0.2) is 17.8 Å². The summed E-state index contributed by atoms with van der Waals surface area (Å²) < 4.78 is 20.7. The molecule has 0 aromatic carbocycles. The molecule has 10 heteroatoms. The Morgan fingerprint density at radius 3 is 1.96 bits per heavy atom. The lowest BCUT2D eigenvalue weighted by Crippen LogP contribution is -2.64. The molecule has 1 aliphatic rings. The first-order valence-corrected chi connectivity index (χ1v) is 7.60. The number of amides is 1. The van der Waals surface area contributed by atoms with E-state index in [0.717, 1.165) is 13.8 Å². The lowest BCUT2D eigenvalue weighted by Gasteiger charge is -2.43. The van der Waals surface area contributed by atoms with Crippen LogP contribution in [0.4, 0.5) is 0 Å². The van der Waals surface area contributed by atoms with E-state index in [9.17, 15) is 19.2 Å². The number of halogens is 1. The number of hydrogen-bond donors (Lipinski definition) is 1. The summed E-state index contributed by atoms with van der Waals surface area (Å²) in [5, 5.41) is 2.50. The molecule has 9 nitrogen and oxygen atoms in total. The maximum atomic E-state index is 11.4. The molecule has 1 heterocycles. The van der Waals surface area contributed by atoms with Gasteiger partial charge in [-0.2, -0.15) is 0 Å². The van der Waals surface area contributed by atoms with Gasteiger partial charge in [-0.15, -0.1) is 0 Å². The summed E-state index contributed by atoms with van der Waals surface area (Å²) in [4.78, 5) is 45.2. The highest BCUT2D eigenvalue weighted by Gasteiger charge is 2.50. The topological polar surface area (TPSA) is 117 Å². The van der Waals surface area contributed by atoms with E-state index in [1.807, 2.05) is 0 Å². The minimum atomic E-state index is -1.11. The van der Waals surface area contributed by atoms with Gasteiger partial charge in [-0.1, -0.05) is 11.6 Å². The number of carbonyl (C=O) groups excluding carboxylic acids is 4. The first-order chi connectivity index (χ1) is 11.1. The number of ether oxygens (including phenoxy) is 4. The van der Waals surface area contributed by atoms with E-state index in [-0.39, 0.29) is 6.61 Å². The summed E-state index contributed by atoms with van der Waals surface area (Å²) in [6.45, 7) is 4.51. The van der Waals surface area contributed by atoms with Crippen molar-refractivity contribution in [3.05, 3.63) is 0 Å². The van der Waals surface area contributed by atoms with Crippen molar-refractivity contribution in [2.45, 2.75) is 57.6 Å². The summed E-state index contributed by atoms with van der Waals surface area (Å²) >= 11 is 6.11. The number of hydrogen-bond acceptors (Lipinski definition) is 8. The van der Waals surface area contributed by atoms with Crippen LogP contribution >= 0.6 is 11.6 Å². The maximum absolute atomic E-state index is 11.4. The first-order valence-electron chi connectivity index (χ1n) is 7.16. The normalized spacial score (nSPS) is 29.3. The fourth-order valence-electron chi connectivity index (χ4n) is 2.28. The van der Waals surface area contributed by atoms with E-state index in [4.69, 9.17) is 30.5 Å². The van der Waals surface area contributed by atoms with Gasteiger partial charge >= 0.3 is 17.9 Å². The van der Waals surface area contributed by atoms with Gasteiger partial charge in [-0.3, -0.25) is 19.2 Å². The van der Waals surface area contributed by atoms with Crippen LogP contribution in [0.15, 0.2) is 0 Å². The van der Waals surface area contributed by atoms with Crippen LogP contribution in [0.1, 0.15) is 27.7 Å². The van der Waals surface area contributed by atoms with Crippen LogP contribution in [0.2, 0.25) is 0 Å². The number of esters is 3. The van der Waals surface area contributed by atoms with Crippen molar-refractivity contribution in [2.24, 2.45) is 0 Å². The largest absolute Gasteiger partial charge is 0.463 e. The van der Waals surface area contributed by atoms with Crippen molar-refractivity contribution in [3.63, 3.8) is 0 Å². The molecule has 1 rings (SSSR count).